The summed E-state index contributed by atoms with van der Waals surface area (Å²) in [5, 5.41) is 14.0. The molecule has 0 spiro atoms. The molecule has 0 saturated heterocycles. The van der Waals surface area contributed by atoms with Crippen molar-refractivity contribution in [2.75, 3.05) is 0 Å². The molecule has 1 heterocycles. The Balaban J connectivity index is 2.10. The van der Waals surface area contributed by atoms with Gasteiger partial charge in [0.2, 0.25) is 0 Å². The van der Waals surface area contributed by atoms with E-state index in [2.05, 4.69) is 5.10 Å². The van der Waals surface area contributed by atoms with Gasteiger partial charge in [-0.15, -0.1) is 0 Å². The molecule has 0 saturated carbocycles. The lowest BCUT2D eigenvalue weighted by molar-refractivity contribution is 0.172. The number of aryl methyl sites for hydroxylation is 1. The fourth-order valence-corrected chi connectivity index (χ4v) is 1.60. The van der Waals surface area contributed by atoms with Crippen LogP contribution in [0.2, 0.25) is 0 Å². The third-order valence-electron chi connectivity index (χ3n) is 2.39. The van der Waals surface area contributed by atoms with Crippen molar-refractivity contribution in [1.29, 1.82) is 0 Å². The molecule has 0 amide bonds. The highest BCUT2D eigenvalue weighted by atomic mass is 19.1. The van der Waals surface area contributed by atoms with Gasteiger partial charge in [-0.1, -0.05) is 12.1 Å². The van der Waals surface area contributed by atoms with Gasteiger partial charge in [0.15, 0.2) is 0 Å². The SMILES string of the molecule is Cn1ccc(C(O)Cc2cccc(F)c2)n1. The smallest absolute Gasteiger partial charge is 0.123 e. The molecule has 4 heteroatoms. The molecule has 0 aliphatic carbocycles. The summed E-state index contributed by atoms with van der Waals surface area (Å²) in [6.45, 7) is 0. The Morgan fingerprint density at radius 3 is 2.88 bits per heavy atom. The summed E-state index contributed by atoms with van der Waals surface area (Å²) in [4.78, 5) is 0. The van der Waals surface area contributed by atoms with Crippen LogP contribution < -0.4 is 0 Å². The molecule has 3 nitrogen and oxygen atoms in total. The molecular formula is C12H13FN2O. The molecule has 0 radical (unpaired) electrons. The van der Waals surface area contributed by atoms with Crippen LogP contribution in [-0.4, -0.2) is 14.9 Å². The number of hydrogen-bond acceptors (Lipinski definition) is 2. The van der Waals surface area contributed by atoms with Crippen LogP contribution in [0, 0.1) is 5.82 Å². The van der Waals surface area contributed by atoms with Crippen LogP contribution in [-0.2, 0) is 13.5 Å². The Morgan fingerprint density at radius 2 is 2.25 bits per heavy atom. The number of rotatable bonds is 3. The second kappa shape index (κ2) is 4.45. The lowest BCUT2D eigenvalue weighted by atomic mass is 10.1. The molecule has 1 atom stereocenters. The van der Waals surface area contributed by atoms with Crippen LogP contribution in [0.4, 0.5) is 4.39 Å². The molecule has 0 aliphatic heterocycles. The zero-order valence-corrected chi connectivity index (χ0v) is 8.97. The second-order valence-electron chi connectivity index (χ2n) is 3.76. The van der Waals surface area contributed by atoms with E-state index in [4.69, 9.17) is 0 Å². The van der Waals surface area contributed by atoms with Crippen molar-refractivity contribution in [1.82, 2.24) is 9.78 Å². The molecule has 1 N–H and O–H groups in total. The zero-order valence-electron chi connectivity index (χ0n) is 8.97. The highest BCUT2D eigenvalue weighted by Gasteiger charge is 2.11. The van der Waals surface area contributed by atoms with E-state index >= 15 is 0 Å². The van der Waals surface area contributed by atoms with Gasteiger partial charge in [-0.25, -0.2) is 4.39 Å². The summed E-state index contributed by atoms with van der Waals surface area (Å²) in [6.07, 6.45) is 1.45. The van der Waals surface area contributed by atoms with E-state index in [1.807, 2.05) is 0 Å². The maximum absolute atomic E-state index is 12.9. The first-order chi connectivity index (χ1) is 7.65. The number of nitrogens with zero attached hydrogens (tertiary/aromatic N) is 2. The van der Waals surface area contributed by atoms with Crippen LogP contribution >= 0.6 is 0 Å². The molecule has 2 aromatic rings. The minimum Gasteiger partial charge on any atom is -0.386 e. The maximum Gasteiger partial charge on any atom is 0.123 e. The molecule has 0 aliphatic rings. The normalized spacial score (nSPS) is 12.7. The summed E-state index contributed by atoms with van der Waals surface area (Å²) in [7, 11) is 1.79. The van der Waals surface area contributed by atoms with Gasteiger partial charge in [0, 0.05) is 19.7 Å². The summed E-state index contributed by atoms with van der Waals surface area (Å²) < 4.78 is 14.6. The number of benzene rings is 1. The van der Waals surface area contributed by atoms with Gasteiger partial charge >= 0.3 is 0 Å². The molecule has 0 fully saturated rings. The lowest BCUT2D eigenvalue weighted by Gasteiger charge is -2.07. The number of hydrogen-bond donors (Lipinski definition) is 1. The maximum atomic E-state index is 12.9. The largest absolute Gasteiger partial charge is 0.386 e. The fraction of sp³-hybridized carbons (Fsp3) is 0.250. The summed E-state index contributed by atoms with van der Waals surface area (Å²) in [6, 6.07) is 7.98. The van der Waals surface area contributed by atoms with Crippen LogP contribution in [0.3, 0.4) is 0 Å². The van der Waals surface area contributed by atoms with Gasteiger partial charge < -0.3 is 5.11 Å². The Kier molecular flexibility index (Phi) is 3.01. The van der Waals surface area contributed by atoms with E-state index in [1.54, 1.807) is 36.1 Å². The monoisotopic (exact) mass is 220 g/mol. The van der Waals surface area contributed by atoms with Gasteiger partial charge in [0.25, 0.3) is 0 Å². The summed E-state index contributed by atoms with van der Waals surface area (Å²) >= 11 is 0. The van der Waals surface area contributed by atoms with Gasteiger partial charge in [-0.3, -0.25) is 4.68 Å². The molecule has 0 bridgehead atoms. The molecule has 16 heavy (non-hydrogen) atoms. The van der Waals surface area contributed by atoms with Crippen molar-refractivity contribution < 1.29 is 9.50 Å². The van der Waals surface area contributed by atoms with Crippen LogP contribution in [0.15, 0.2) is 36.5 Å². The minimum absolute atomic E-state index is 0.286. The van der Waals surface area contributed by atoms with E-state index in [9.17, 15) is 9.50 Å². The predicted octanol–water partition coefficient (Wildman–Crippen LogP) is 1.84. The van der Waals surface area contributed by atoms with E-state index in [0.717, 1.165) is 5.56 Å². The minimum atomic E-state index is -0.692. The first-order valence-corrected chi connectivity index (χ1v) is 5.07. The first-order valence-electron chi connectivity index (χ1n) is 5.07. The van der Waals surface area contributed by atoms with E-state index in [-0.39, 0.29) is 5.82 Å². The number of halogens is 1. The summed E-state index contributed by atoms with van der Waals surface area (Å²) in [5.41, 5.74) is 1.37. The Hall–Kier alpha value is -1.68. The van der Waals surface area contributed by atoms with Gasteiger partial charge in [-0.05, 0) is 23.8 Å². The molecule has 84 valence electrons. The molecule has 1 unspecified atom stereocenters. The average molecular weight is 220 g/mol. The standard InChI is InChI=1S/C12H13FN2O/c1-15-6-5-11(14-15)12(16)8-9-3-2-4-10(13)7-9/h2-7,12,16H,8H2,1H3. The van der Waals surface area contributed by atoms with E-state index in [1.165, 1.54) is 12.1 Å². The fourth-order valence-electron chi connectivity index (χ4n) is 1.60. The molecule has 1 aromatic heterocycles. The molecule has 1 aromatic carbocycles. The number of aromatic nitrogens is 2. The highest BCUT2D eigenvalue weighted by Crippen LogP contribution is 2.16. The van der Waals surface area contributed by atoms with E-state index in [0.29, 0.717) is 12.1 Å². The van der Waals surface area contributed by atoms with Gasteiger partial charge in [0.05, 0.1) is 5.69 Å². The lowest BCUT2D eigenvalue weighted by Crippen LogP contribution is -2.03. The highest BCUT2D eigenvalue weighted by molar-refractivity contribution is 5.19. The predicted molar refractivity (Wildman–Crippen MR) is 58.3 cm³/mol. The molecule has 2 rings (SSSR count). The zero-order chi connectivity index (χ0) is 11.5. The average Bonchev–Trinajstić information content (AvgIpc) is 2.65. The summed E-state index contributed by atoms with van der Waals surface area (Å²) in [5.74, 6) is -0.286. The quantitative estimate of drug-likeness (QED) is 0.857. The Morgan fingerprint density at radius 1 is 1.44 bits per heavy atom. The van der Waals surface area contributed by atoms with Crippen molar-refractivity contribution >= 4 is 0 Å². The number of aliphatic hydroxyl groups is 1. The Bertz CT molecular complexity index is 481. The van der Waals surface area contributed by atoms with Crippen LogP contribution in [0.5, 0.6) is 0 Å². The van der Waals surface area contributed by atoms with Crippen molar-refractivity contribution in [2.45, 2.75) is 12.5 Å². The first kappa shape index (κ1) is 10.8. The van der Waals surface area contributed by atoms with Crippen molar-refractivity contribution in [3.8, 4) is 0 Å². The van der Waals surface area contributed by atoms with Crippen molar-refractivity contribution in [2.24, 2.45) is 7.05 Å². The topological polar surface area (TPSA) is 38.0 Å². The third-order valence-corrected chi connectivity index (χ3v) is 2.39. The van der Waals surface area contributed by atoms with Crippen molar-refractivity contribution in [3.63, 3.8) is 0 Å². The third kappa shape index (κ3) is 2.46. The van der Waals surface area contributed by atoms with Crippen LogP contribution in [0.1, 0.15) is 17.4 Å². The Labute approximate surface area is 93.2 Å². The second-order valence-corrected chi connectivity index (χ2v) is 3.76. The van der Waals surface area contributed by atoms with Gasteiger partial charge in [-0.2, -0.15) is 5.10 Å². The van der Waals surface area contributed by atoms with Gasteiger partial charge in [0.1, 0.15) is 11.9 Å². The van der Waals surface area contributed by atoms with Crippen LogP contribution in [0.25, 0.3) is 0 Å². The number of aliphatic hydroxyl groups excluding tert-OH is 1. The van der Waals surface area contributed by atoms with Crippen molar-refractivity contribution in [3.05, 3.63) is 53.6 Å². The van der Waals surface area contributed by atoms with E-state index < -0.39 is 6.10 Å². The molecular weight excluding hydrogens is 207 g/mol.